The number of benzene rings is 1. The Morgan fingerprint density at radius 3 is 2.57 bits per heavy atom. The second-order valence-electron chi connectivity index (χ2n) is 4.78. The molecule has 1 aromatic rings. The van der Waals surface area contributed by atoms with Crippen molar-refractivity contribution in [3.05, 3.63) is 35.5 Å². The predicted molar refractivity (Wildman–Crippen MR) is 80.4 cm³/mol. The molecule has 8 nitrogen and oxygen atoms in total. The molecule has 2 amide bonds. The zero-order valence-corrected chi connectivity index (χ0v) is 12.8. The summed E-state index contributed by atoms with van der Waals surface area (Å²) < 4.78 is 10.2. The van der Waals surface area contributed by atoms with Crippen LogP contribution in [0.25, 0.3) is 0 Å². The highest BCUT2D eigenvalue weighted by atomic mass is 16.7. The van der Waals surface area contributed by atoms with E-state index in [2.05, 4.69) is 5.32 Å². The lowest BCUT2D eigenvalue weighted by molar-refractivity contribution is -0.137. The molecule has 0 aliphatic carbocycles. The molecule has 1 heterocycles. The van der Waals surface area contributed by atoms with E-state index in [0.717, 1.165) is 11.0 Å². The fourth-order valence-electron chi connectivity index (χ4n) is 2.24. The largest absolute Gasteiger partial charge is 0.507 e. The van der Waals surface area contributed by atoms with Crippen LogP contribution in [0.2, 0.25) is 0 Å². The third-order valence-electron chi connectivity index (χ3n) is 3.32. The van der Waals surface area contributed by atoms with Gasteiger partial charge in [0.05, 0.1) is 18.7 Å². The first-order valence-corrected chi connectivity index (χ1v) is 6.85. The number of carbonyl (C=O) groups excluding carboxylic acids is 2. The Kier molecular flexibility index (Phi) is 5.32. The number of nitrogens with one attached hydrogen (secondary N) is 1. The van der Waals surface area contributed by atoms with Gasteiger partial charge < -0.3 is 25.0 Å². The highest BCUT2D eigenvalue weighted by Crippen LogP contribution is 2.30. The first-order chi connectivity index (χ1) is 11.0. The molecule has 0 saturated carbocycles. The number of aliphatic hydroxyl groups excluding tert-OH is 1. The molecule has 2 rings (SSSR count). The van der Waals surface area contributed by atoms with Crippen molar-refractivity contribution < 1.29 is 29.3 Å². The summed E-state index contributed by atoms with van der Waals surface area (Å²) in [5.41, 5.74) is 0.950. The van der Waals surface area contributed by atoms with Gasteiger partial charge in [-0.05, 0) is 18.2 Å². The van der Waals surface area contributed by atoms with Crippen molar-refractivity contribution >= 4 is 17.5 Å². The van der Waals surface area contributed by atoms with Gasteiger partial charge in [0.2, 0.25) is 0 Å². The molecule has 0 bridgehead atoms. The van der Waals surface area contributed by atoms with E-state index in [4.69, 9.17) is 14.6 Å². The van der Waals surface area contributed by atoms with E-state index < -0.39 is 18.1 Å². The molecule has 23 heavy (non-hydrogen) atoms. The van der Waals surface area contributed by atoms with Crippen LogP contribution in [0.1, 0.15) is 11.9 Å². The molecular formula is C15H18N2O6. The van der Waals surface area contributed by atoms with E-state index in [9.17, 15) is 14.7 Å². The number of carbonyl (C=O) groups is 2. The maximum Gasteiger partial charge on any atom is 0.277 e. The highest BCUT2D eigenvalue weighted by molar-refractivity contribution is 6.17. The van der Waals surface area contributed by atoms with Gasteiger partial charge in [0.15, 0.2) is 6.29 Å². The van der Waals surface area contributed by atoms with Gasteiger partial charge in [-0.1, -0.05) is 0 Å². The van der Waals surface area contributed by atoms with Crippen LogP contribution in [-0.2, 0) is 19.1 Å². The van der Waals surface area contributed by atoms with Crippen LogP contribution in [0, 0.1) is 0 Å². The number of hydrogen-bond acceptors (Lipinski definition) is 7. The summed E-state index contributed by atoms with van der Waals surface area (Å²) >= 11 is 0. The highest BCUT2D eigenvalue weighted by Gasteiger charge is 2.30. The van der Waals surface area contributed by atoms with Crippen LogP contribution < -0.4 is 5.32 Å². The van der Waals surface area contributed by atoms with E-state index in [-0.39, 0.29) is 24.6 Å². The summed E-state index contributed by atoms with van der Waals surface area (Å²) in [6, 6.07) is 4.53. The molecule has 1 aliphatic heterocycles. The van der Waals surface area contributed by atoms with Crippen molar-refractivity contribution in [1.29, 1.82) is 0 Å². The summed E-state index contributed by atoms with van der Waals surface area (Å²) in [7, 11) is 2.87. The molecule has 0 saturated heterocycles. The monoisotopic (exact) mass is 322 g/mol. The Balaban J connectivity index is 2.21. The van der Waals surface area contributed by atoms with E-state index in [1.807, 2.05) is 0 Å². The number of methoxy groups -OCH3 is 2. The van der Waals surface area contributed by atoms with E-state index >= 15 is 0 Å². The van der Waals surface area contributed by atoms with Gasteiger partial charge in [-0.2, -0.15) is 0 Å². The van der Waals surface area contributed by atoms with Crippen molar-refractivity contribution in [3.8, 4) is 5.75 Å². The van der Waals surface area contributed by atoms with Crippen LogP contribution in [-0.4, -0.2) is 54.3 Å². The molecule has 124 valence electrons. The van der Waals surface area contributed by atoms with E-state index in [1.54, 1.807) is 12.1 Å². The molecule has 0 fully saturated rings. The number of amides is 2. The van der Waals surface area contributed by atoms with Gasteiger partial charge in [0.1, 0.15) is 11.4 Å². The number of ether oxygens (including phenoxy) is 2. The second-order valence-corrected chi connectivity index (χ2v) is 4.78. The maximum absolute atomic E-state index is 12.1. The van der Waals surface area contributed by atoms with Crippen molar-refractivity contribution in [2.24, 2.45) is 0 Å². The molecule has 0 atom stereocenters. The van der Waals surface area contributed by atoms with E-state index in [1.165, 1.54) is 20.3 Å². The lowest BCUT2D eigenvalue weighted by Gasteiger charge is -2.17. The summed E-state index contributed by atoms with van der Waals surface area (Å²) in [5.74, 6) is -1.03. The number of phenolic OH excluding ortho intramolecular Hbond substituents is 1. The maximum atomic E-state index is 12.1. The molecule has 3 N–H and O–H groups in total. The van der Waals surface area contributed by atoms with Gasteiger partial charge in [-0.15, -0.1) is 0 Å². The average Bonchev–Trinajstić information content (AvgIpc) is 2.79. The van der Waals surface area contributed by atoms with Crippen LogP contribution in [0.15, 0.2) is 30.0 Å². The Morgan fingerprint density at radius 1 is 1.26 bits per heavy atom. The van der Waals surface area contributed by atoms with Gasteiger partial charge in [0, 0.05) is 26.0 Å². The van der Waals surface area contributed by atoms with Crippen molar-refractivity contribution in [3.63, 3.8) is 0 Å². The minimum Gasteiger partial charge on any atom is -0.507 e. The molecule has 1 aromatic carbocycles. The number of aliphatic hydroxyl groups is 1. The molecule has 8 heteroatoms. The van der Waals surface area contributed by atoms with Crippen LogP contribution in [0.4, 0.5) is 5.69 Å². The first-order valence-electron chi connectivity index (χ1n) is 6.85. The SMILES string of the molecule is COC(OC)c1cc(NC2=CC(=O)N(CCO)C2=O)ccc1O. The third kappa shape index (κ3) is 3.50. The van der Waals surface area contributed by atoms with Crippen LogP contribution in [0.5, 0.6) is 5.75 Å². The van der Waals surface area contributed by atoms with Gasteiger partial charge in [0.25, 0.3) is 11.8 Å². The van der Waals surface area contributed by atoms with E-state index in [0.29, 0.717) is 11.3 Å². The second kappa shape index (κ2) is 7.23. The number of anilines is 1. The number of β-amino-alcohol motifs (C(OH)–C–C–N with tert-alkyl or cyclic N) is 1. The Labute approximate surface area is 132 Å². The van der Waals surface area contributed by atoms with Crippen molar-refractivity contribution in [2.45, 2.75) is 6.29 Å². The number of aromatic hydroxyl groups is 1. The number of hydrogen-bond donors (Lipinski definition) is 3. The number of nitrogens with zero attached hydrogens (tertiary/aromatic N) is 1. The average molecular weight is 322 g/mol. The smallest absolute Gasteiger partial charge is 0.277 e. The topological polar surface area (TPSA) is 108 Å². The fraction of sp³-hybridized carbons (Fsp3) is 0.333. The zero-order chi connectivity index (χ0) is 17.0. The quantitative estimate of drug-likeness (QED) is 0.377. The summed E-state index contributed by atoms with van der Waals surface area (Å²) in [6.45, 7) is -0.360. The number of imide groups is 1. The Morgan fingerprint density at radius 2 is 1.96 bits per heavy atom. The first kappa shape index (κ1) is 16.9. The van der Waals surface area contributed by atoms with Crippen molar-refractivity contribution in [1.82, 2.24) is 4.90 Å². The molecule has 1 aliphatic rings. The Bertz CT molecular complexity index is 639. The summed E-state index contributed by atoms with van der Waals surface area (Å²) in [5, 5.41) is 21.6. The minimum atomic E-state index is -0.766. The lowest BCUT2D eigenvalue weighted by Crippen LogP contribution is -2.34. The van der Waals surface area contributed by atoms with Crippen molar-refractivity contribution in [2.75, 3.05) is 32.7 Å². The standard InChI is InChI=1S/C15H18N2O6/c1-22-15(23-2)10-7-9(3-4-12(10)19)16-11-8-13(20)17(5-6-18)14(11)21/h3-4,7-8,15-16,18-19H,5-6H2,1-2H3. The zero-order valence-electron chi connectivity index (χ0n) is 12.8. The normalized spacial score (nSPS) is 14.6. The molecule has 0 aromatic heterocycles. The predicted octanol–water partition coefficient (Wildman–Crippen LogP) is 0.340. The Hall–Kier alpha value is -2.42. The minimum absolute atomic E-state index is 0.0195. The number of phenols is 1. The molecular weight excluding hydrogens is 304 g/mol. The number of rotatable bonds is 7. The third-order valence-corrected chi connectivity index (χ3v) is 3.32. The fourth-order valence-corrected chi connectivity index (χ4v) is 2.24. The van der Waals surface area contributed by atoms with Gasteiger partial charge >= 0.3 is 0 Å². The summed E-state index contributed by atoms with van der Waals surface area (Å²) in [6.07, 6.45) is 0.395. The lowest BCUT2D eigenvalue weighted by atomic mass is 10.1. The molecule has 0 spiro atoms. The van der Waals surface area contributed by atoms with Gasteiger partial charge in [-0.25, -0.2) is 0 Å². The van der Waals surface area contributed by atoms with Crippen LogP contribution in [0.3, 0.4) is 0 Å². The molecule has 0 unspecified atom stereocenters. The summed E-state index contributed by atoms with van der Waals surface area (Å²) in [4.78, 5) is 24.7. The van der Waals surface area contributed by atoms with Gasteiger partial charge in [-0.3, -0.25) is 14.5 Å². The molecule has 0 radical (unpaired) electrons. The van der Waals surface area contributed by atoms with Crippen LogP contribution >= 0.6 is 0 Å².